The molecule has 0 aliphatic carbocycles. The van der Waals surface area contributed by atoms with Crippen molar-refractivity contribution in [2.24, 2.45) is 0 Å². The number of aromatic amines is 1. The van der Waals surface area contributed by atoms with Crippen molar-refractivity contribution in [2.45, 2.75) is 6.42 Å². The van der Waals surface area contributed by atoms with Gasteiger partial charge in [-0.25, -0.2) is 0 Å². The highest BCUT2D eigenvalue weighted by molar-refractivity contribution is 5.31. The molecule has 1 aromatic rings. The Morgan fingerprint density at radius 3 is 2.94 bits per heavy atom. The maximum Gasteiger partial charge on any atom is 0.309 e. The first-order valence-corrected chi connectivity index (χ1v) is 5.37. The van der Waals surface area contributed by atoms with Crippen LogP contribution in [0.4, 0.5) is 5.69 Å². The molecule has 1 aromatic heterocycles. The van der Waals surface area contributed by atoms with Gasteiger partial charge < -0.3 is 10.2 Å². The number of H-pyrrole nitrogens is 1. The first-order chi connectivity index (χ1) is 7.77. The summed E-state index contributed by atoms with van der Waals surface area (Å²) in [5, 5.41) is 20.3. The van der Waals surface area contributed by atoms with Gasteiger partial charge in [0.25, 0.3) is 0 Å². The summed E-state index contributed by atoms with van der Waals surface area (Å²) in [5.41, 5.74) is 0.707. The fraction of sp³-hybridized carbons (Fsp3) is 0.667. The van der Waals surface area contributed by atoms with Crippen molar-refractivity contribution in [1.82, 2.24) is 20.4 Å². The van der Waals surface area contributed by atoms with Crippen LogP contribution in [-0.2, 0) is 6.42 Å². The van der Waals surface area contributed by atoms with Crippen molar-refractivity contribution < 1.29 is 4.92 Å². The average Bonchev–Trinajstić information content (AvgIpc) is 2.76. The van der Waals surface area contributed by atoms with E-state index in [2.05, 4.69) is 20.4 Å². The molecule has 1 aliphatic rings. The highest BCUT2D eigenvalue weighted by Crippen LogP contribution is 2.15. The van der Waals surface area contributed by atoms with Crippen LogP contribution in [-0.4, -0.2) is 52.7 Å². The highest BCUT2D eigenvalue weighted by Gasteiger charge is 2.17. The number of hydrogen-bond acceptors (Lipinski definition) is 5. The summed E-state index contributed by atoms with van der Waals surface area (Å²) in [6.07, 6.45) is 1.92. The van der Waals surface area contributed by atoms with Crippen LogP contribution in [0.1, 0.15) is 5.69 Å². The van der Waals surface area contributed by atoms with E-state index >= 15 is 0 Å². The molecule has 7 nitrogen and oxygen atoms in total. The van der Waals surface area contributed by atoms with Crippen molar-refractivity contribution in [1.29, 1.82) is 0 Å². The van der Waals surface area contributed by atoms with E-state index in [1.54, 1.807) is 0 Å². The molecule has 0 amide bonds. The second kappa shape index (κ2) is 5.04. The molecule has 2 N–H and O–H groups in total. The third kappa shape index (κ3) is 2.56. The van der Waals surface area contributed by atoms with E-state index < -0.39 is 4.92 Å². The third-order valence-electron chi connectivity index (χ3n) is 2.78. The summed E-state index contributed by atoms with van der Waals surface area (Å²) in [6.45, 7) is 4.82. The number of nitrogens with one attached hydrogen (secondary N) is 2. The SMILES string of the molecule is O=[N+]([O-])c1cn[nH]c1CCN1CCNCC1. The molecule has 1 saturated heterocycles. The zero-order chi connectivity index (χ0) is 11.4. The Morgan fingerprint density at radius 2 is 2.25 bits per heavy atom. The lowest BCUT2D eigenvalue weighted by molar-refractivity contribution is -0.385. The second-order valence-corrected chi connectivity index (χ2v) is 3.83. The van der Waals surface area contributed by atoms with Crippen LogP contribution < -0.4 is 5.32 Å². The zero-order valence-corrected chi connectivity index (χ0v) is 8.98. The van der Waals surface area contributed by atoms with E-state index in [-0.39, 0.29) is 5.69 Å². The molecular weight excluding hydrogens is 210 g/mol. The molecular formula is C9H15N5O2. The Morgan fingerprint density at radius 1 is 1.50 bits per heavy atom. The Balaban J connectivity index is 1.88. The first-order valence-electron chi connectivity index (χ1n) is 5.37. The Bertz CT molecular complexity index is 359. The van der Waals surface area contributed by atoms with Gasteiger partial charge in [0, 0.05) is 39.1 Å². The fourth-order valence-corrected chi connectivity index (χ4v) is 1.85. The van der Waals surface area contributed by atoms with Gasteiger partial charge in [0.2, 0.25) is 0 Å². The van der Waals surface area contributed by atoms with Gasteiger partial charge in [-0.15, -0.1) is 0 Å². The van der Waals surface area contributed by atoms with E-state index in [0.717, 1.165) is 32.7 Å². The normalized spacial score (nSPS) is 17.5. The monoisotopic (exact) mass is 225 g/mol. The predicted molar refractivity (Wildman–Crippen MR) is 58.3 cm³/mol. The maximum atomic E-state index is 10.7. The van der Waals surface area contributed by atoms with Gasteiger partial charge in [-0.05, 0) is 0 Å². The smallest absolute Gasteiger partial charge is 0.309 e. The summed E-state index contributed by atoms with van der Waals surface area (Å²) in [4.78, 5) is 12.6. The van der Waals surface area contributed by atoms with Crippen molar-refractivity contribution in [3.8, 4) is 0 Å². The molecule has 7 heteroatoms. The van der Waals surface area contributed by atoms with Crippen LogP contribution in [0, 0.1) is 10.1 Å². The van der Waals surface area contributed by atoms with Gasteiger partial charge in [-0.3, -0.25) is 15.2 Å². The van der Waals surface area contributed by atoms with Crippen molar-refractivity contribution >= 4 is 5.69 Å². The molecule has 0 atom stereocenters. The minimum absolute atomic E-state index is 0.0927. The van der Waals surface area contributed by atoms with Crippen LogP contribution in [0.5, 0.6) is 0 Å². The van der Waals surface area contributed by atoms with Gasteiger partial charge >= 0.3 is 5.69 Å². The number of rotatable bonds is 4. The standard InChI is InChI=1S/C9H15N5O2/c15-14(16)9-7-11-12-8(9)1-4-13-5-2-10-3-6-13/h7,10H,1-6H2,(H,11,12). The largest absolute Gasteiger partial charge is 0.314 e. The Hall–Kier alpha value is -1.47. The summed E-state index contributed by atoms with van der Waals surface area (Å²) in [7, 11) is 0. The van der Waals surface area contributed by atoms with Gasteiger partial charge in [-0.2, -0.15) is 5.10 Å². The van der Waals surface area contributed by atoms with Crippen molar-refractivity contribution in [2.75, 3.05) is 32.7 Å². The molecule has 1 aliphatic heterocycles. The molecule has 0 spiro atoms. The highest BCUT2D eigenvalue weighted by atomic mass is 16.6. The number of piperazine rings is 1. The van der Waals surface area contributed by atoms with Gasteiger partial charge in [0.1, 0.15) is 11.9 Å². The minimum atomic E-state index is -0.392. The number of hydrogen-bond donors (Lipinski definition) is 2. The van der Waals surface area contributed by atoms with Gasteiger partial charge in [0.15, 0.2) is 0 Å². The number of nitrogens with zero attached hydrogens (tertiary/aromatic N) is 3. The third-order valence-corrected chi connectivity index (χ3v) is 2.78. The van der Waals surface area contributed by atoms with E-state index in [1.165, 1.54) is 6.20 Å². The quantitative estimate of drug-likeness (QED) is 0.545. The topological polar surface area (TPSA) is 87.1 Å². The van der Waals surface area contributed by atoms with E-state index in [1.807, 2.05) is 0 Å². The van der Waals surface area contributed by atoms with Crippen LogP contribution >= 0.6 is 0 Å². The molecule has 2 rings (SSSR count). The molecule has 0 saturated carbocycles. The first kappa shape index (κ1) is 11.0. The number of aromatic nitrogens is 2. The molecule has 2 heterocycles. The van der Waals surface area contributed by atoms with E-state index in [9.17, 15) is 10.1 Å². The molecule has 0 aromatic carbocycles. The molecule has 1 fully saturated rings. The average molecular weight is 225 g/mol. The summed E-state index contributed by atoms with van der Waals surface area (Å²) in [6, 6.07) is 0. The predicted octanol–water partition coefficient (Wildman–Crippen LogP) is -0.234. The fourth-order valence-electron chi connectivity index (χ4n) is 1.85. The molecule has 88 valence electrons. The lowest BCUT2D eigenvalue weighted by Gasteiger charge is -2.26. The molecule has 0 unspecified atom stereocenters. The summed E-state index contributed by atoms with van der Waals surface area (Å²) < 4.78 is 0. The summed E-state index contributed by atoms with van der Waals surface area (Å²) >= 11 is 0. The van der Waals surface area contributed by atoms with Crippen LogP contribution in [0.3, 0.4) is 0 Å². The minimum Gasteiger partial charge on any atom is -0.314 e. The lowest BCUT2D eigenvalue weighted by Crippen LogP contribution is -2.44. The Kier molecular flexibility index (Phi) is 3.47. The van der Waals surface area contributed by atoms with E-state index in [4.69, 9.17) is 0 Å². The molecule has 16 heavy (non-hydrogen) atoms. The van der Waals surface area contributed by atoms with Crippen LogP contribution in [0.2, 0.25) is 0 Å². The maximum absolute atomic E-state index is 10.7. The van der Waals surface area contributed by atoms with Crippen LogP contribution in [0.15, 0.2) is 6.20 Å². The van der Waals surface area contributed by atoms with Gasteiger partial charge in [0.05, 0.1) is 4.92 Å². The van der Waals surface area contributed by atoms with E-state index in [0.29, 0.717) is 12.1 Å². The second-order valence-electron chi connectivity index (χ2n) is 3.83. The summed E-state index contributed by atoms with van der Waals surface area (Å²) in [5.74, 6) is 0. The zero-order valence-electron chi connectivity index (χ0n) is 8.98. The van der Waals surface area contributed by atoms with Crippen LogP contribution in [0.25, 0.3) is 0 Å². The van der Waals surface area contributed by atoms with Crippen molar-refractivity contribution in [3.05, 3.63) is 22.0 Å². The molecule has 0 radical (unpaired) electrons. The van der Waals surface area contributed by atoms with Gasteiger partial charge in [-0.1, -0.05) is 0 Å². The van der Waals surface area contributed by atoms with Crippen molar-refractivity contribution in [3.63, 3.8) is 0 Å². The lowest BCUT2D eigenvalue weighted by atomic mass is 10.2. The molecule has 0 bridgehead atoms. The number of nitro groups is 1. The Labute approximate surface area is 93.0 Å².